The SMILES string of the molecule is c1ccc(N=C(CC(Sc2ccccc2)Sc2ccccc2)Oc2ccccc2)cc1. The van der Waals surface area contributed by atoms with Gasteiger partial charge in [0.05, 0.1) is 10.3 Å². The Labute approximate surface area is 192 Å². The molecular weight excluding hydrogens is 418 g/mol. The van der Waals surface area contributed by atoms with Crippen molar-refractivity contribution in [1.29, 1.82) is 0 Å². The summed E-state index contributed by atoms with van der Waals surface area (Å²) in [6.45, 7) is 0. The van der Waals surface area contributed by atoms with Gasteiger partial charge in [-0.25, -0.2) is 4.99 Å². The number of thioether (sulfide) groups is 2. The van der Waals surface area contributed by atoms with Crippen molar-refractivity contribution in [2.45, 2.75) is 20.8 Å². The van der Waals surface area contributed by atoms with Crippen LogP contribution in [0.5, 0.6) is 5.75 Å². The maximum Gasteiger partial charge on any atom is 0.197 e. The molecule has 0 amide bonds. The molecule has 4 rings (SSSR count). The molecule has 0 unspecified atom stereocenters. The quantitative estimate of drug-likeness (QED) is 0.119. The van der Waals surface area contributed by atoms with Gasteiger partial charge in [-0.1, -0.05) is 72.8 Å². The van der Waals surface area contributed by atoms with Crippen molar-refractivity contribution in [1.82, 2.24) is 0 Å². The molecule has 31 heavy (non-hydrogen) atoms. The summed E-state index contributed by atoms with van der Waals surface area (Å²) in [4.78, 5) is 7.31. The lowest BCUT2D eigenvalue weighted by molar-refractivity contribution is 0.535. The molecule has 0 N–H and O–H groups in total. The van der Waals surface area contributed by atoms with Gasteiger partial charge in [0.25, 0.3) is 0 Å². The van der Waals surface area contributed by atoms with Crippen molar-refractivity contribution < 1.29 is 4.74 Å². The Balaban J connectivity index is 1.61. The predicted molar refractivity (Wildman–Crippen MR) is 134 cm³/mol. The summed E-state index contributed by atoms with van der Waals surface area (Å²) in [5.41, 5.74) is 0.890. The van der Waals surface area contributed by atoms with Crippen molar-refractivity contribution >= 4 is 35.1 Å². The number of ether oxygens (including phenoxy) is 1. The Bertz CT molecular complexity index is 1030. The molecule has 154 valence electrons. The van der Waals surface area contributed by atoms with Crippen molar-refractivity contribution in [2.75, 3.05) is 0 Å². The summed E-state index contributed by atoms with van der Waals surface area (Å²) in [5.74, 6) is 1.50. The number of rotatable bonds is 8. The smallest absolute Gasteiger partial charge is 0.197 e. The lowest BCUT2D eigenvalue weighted by Gasteiger charge is -2.18. The fourth-order valence-electron chi connectivity index (χ4n) is 2.93. The highest BCUT2D eigenvalue weighted by atomic mass is 32.2. The van der Waals surface area contributed by atoms with Crippen LogP contribution in [0, 0.1) is 0 Å². The predicted octanol–water partition coefficient (Wildman–Crippen LogP) is 8.10. The largest absolute Gasteiger partial charge is 0.443 e. The van der Waals surface area contributed by atoms with Gasteiger partial charge >= 0.3 is 0 Å². The Morgan fingerprint density at radius 1 is 0.613 bits per heavy atom. The van der Waals surface area contributed by atoms with Crippen LogP contribution in [-0.2, 0) is 0 Å². The van der Waals surface area contributed by atoms with Crippen LogP contribution in [-0.4, -0.2) is 10.5 Å². The molecule has 0 atom stereocenters. The molecule has 0 aliphatic rings. The minimum Gasteiger partial charge on any atom is -0.443 e. The third kappa shape index (κ3) is 7.06. The van der Waals surface area contributed by atoms with E-state index in [1.165, 1.54) is 9.79 Å². The molecule has 4 aromatic carbocycles. The normalized spacial score (nSPS) is 11.5. The Morgan fingerprint density at radius 3 is 1.58 bits per heavy atom. The van der Waals surface area contributed by atoms with Crippen molar-refractivity contribution in [3.8, 4) is 5.75 Å². The number of para-hydroxylation sites is 2. The molecule has 0 aliphatic heterocycles. The molecule has 4 heteroatoms. The standard InChI is InChI=1S/C27H23NOS2/c1-5-13-22(14-6-1)28-26(29-23-15-7-2-8-16-23)21-27(30-24-17-9-3-10-18-24)31-25-19-11-4-12-20-25/h1-20,27H,21H2. The summed E-state index contributed by atoms with van der Waals surface area (Å²) in [6, 6.07) is 40.8. The first kappa shape index (κ1) is 21.3. The van der Waals surface area contributed by atoms with E-state index in [2.05, 4.69) is 48.5 Å². The average molecular weight is 442 g/mol. The Morgan fingerprint density at radius 2 is 1.06 bits per heavy atom. The summed E-state index contributed by atoms with van der Waals surface area (Å²) in [5, 5.41) is 0. The summed E-state index contributed by atoms with van der Waals surface area (Å²) in [7, 11) is 0. The van der Waals surface area contributed by atoms with Crippen molar-refractivity contribution in [3.05, 3.63) is 121 Å². The number of hydrogen-bond donors (Lipinski definition) is 0. The molecule has 0 spiro atoms. The minimum atomic E-state index is 0.205. The van der Waals surface area contributed by atoms with E-state index in [1.807, 2.05) is 96.3 Å². The van der Waals surface area contributed by atoms with Gasteiger partial charge in [0, 0.05) is 16.2 Å². The van der Waals surface area contributed by atoms with E-state index in [0.29, 0.717) is 12.3 Å². The van der Waals surface area contributed by atoms with Crippen molar-refractivity contribution in [3.63, 3.8) is 0 Å². The van der Waals surface area contributed by atoms with Gasteiger partial charge in [-0.3, -0.25) is 0 Å². The molecule has 0 aliphatic carbocycles. The first-order valence-corrected chi connectivity index (χ1v) is 11.9. The highest BCUT2D eigenvalue weighted by Gasteiger charge is 2.18. The molecule has 0 heterocycles. The molecule has 2 nitrogen and oxygen atoms in total. The van der Waals surface area contributed by atoms with Gasteiger partial charge < -0.3 is 4.74 Å². The maximum absolute atomic E-state index is 6.25. The van der Waals surface area contributed by atoms with Crippen LogP contribution in [0.4, 0.5) is 5.69 Å². The lowest BCUT2D eigenvalue weighted by Crippen LogP contribution is -2.14. The third-order valence-electron chi connectivity index (χ3n) is 4.35. The summed E-state index contributed by atoms with van der Waals surface area (Å²) < 4.78 is 6.45. The zero-order chi connectivity index (χ0) is 21.1. The second-order valence-electron chi connectivity index (χ2n) is 6.75. The molecule has 0 fully saturated rings. The van der Waals surface area contributed by atoms with E-state index < -0.39 is 0 Å². The van der Waals surface area contributed by atoms with Crippen LogP contribution in [0.15, 0.2) is 136 Å². The number of aliphatic imine (C=N–C) groups is 1. The van der Waals surface area contributed by atoms with E-state index in [0.717, 1.165) is 11.4 Å². The zero-order valence-electron chi connectivity index (χ0n) is 17.0. The second kappa shape index (κ2) is 11.4. The van der Waals surface area contributed by atoms with Gasteiger partial charge in [-0.2, -0.15) is 0 Å². The first-order valence-electron chi connectivity index (χ1n) is 10.1. The molecule has 0 saturated carbocycles. The topological polar surface area (TPSA) is 21.6 Å². The number of benzene rings is 4. The van der Waals surface area contributed by atoms with E-state index in [9.17, 15) is 0 Å². The third-order valence-corrected chi connectivity index (χ3v) is 6.88. The van der Waals surface area contributed by atoms with Crippen LogP contribution in [0.25, 0.3) is 0 Å². The lowest BCUT2D eigenvalue weighted by atomic mass is 10.3. The van der Waals surface area contributed by atoms with Crippen LogP contribution in [0.2, 0.25) is 0 Å². The van der Waals surface area contributed by atoms with Gasteiger partial charge in [-0.05, 0) is 48.5 Å². The zero-order valence-corrected chi connectivity index (χ0v) is 18.6. The Kier molecular flexibility index (Phi) is 7.86. The van der Waals surface area contributed by atoms with Crippen LogP contribution < -0.4 is 4.74 Å². The number of nitrogens with zero attached hydrogens (tertiary/aromatic N) is 1. The van der Waals surface area contributed by atoms with Gasteiger partial charge in [-0.15, -0.1) is 23.5 Å². The molecule has 0 radical (unpaired) electrons. The number of hydrogen-bond acceptors (Lipinski definition) is 4. The maximum atomic E-state index is 6.25. The highest BCUT2D eigenvalue weighted by Crippen LogP contribution is 2.38. The fraction of sp³-hybridized carbons (Fsp3) is 0.0741. The molecule has 4 aromatic rings. The molecular formula is C27H23NOS2. The van der Waals surface area contributed by atoms with Crippen LogP contribution in [0.3, 0.4) is 0 Å². The van der Waals surface area contributed by atoms with Gasteiger partial charge in [0.2, 0.25) is 0 Å². The summed E-state index contributed by atoms with van der Waals surface area (Å²) >= 11 is 3.67. The van der Waals surface area contributed by atoms with Crippen LogP contribution in [0.1, 0.15) is 6.42 Å². The Hall–Kier alpha value is -2.95. The van der Waals surface area contributed by atoms with Gasteiger partial charge in [0.1, 0.15) is 5.75 Å². The monoisotopic (exact) mass is 441 g/mol. The first-order chi connectivity index (χ1) is 15.3. The van der Waals surface area contributed by atoms with E-state index >= 15 is 0 Å². The minimum absolute atomic E-state index is 0.205. The molecule has 0 saturated heterocycles. The highest BCUT2D eigenvalue weighted by molar-refractivity contribution is 8.17. The van der Waals surface area contributed by atoms with E-state index in [4.69, 9.17) is 9.73 Å². The fourth-order valence-corrected chi connectivity index (χ4v) is 5.48. The van der Waals surface area contributed by atoms with E-state index in [-0.39, 0.29) is 4.58 Å². The molecule has 0 aromatic heterocycles. The summed E-state index contributed by atoms with van der Waals surface area (Å²) in [6.07, 6.45) is 0.683. The second-order valence-corrected chi connectivity index (χ2v) is 9.60. The van der Waals surface area contributed by atoms with Gasteiger partial charge in [0.15, 0.2) is 5.90 Å². The molecule has 0 bridgehead atoms. The van der Waals surface area contributed by atoms with E-state index in [1.54, 1.807) is 0 Å². The van der Waals surface area contributed by atoms with Crippen molar-refractivity contribution in [2.24, 2.45) is 4.99 Å². The average Bonchev–Trinajstić information content (AvgIpc) is 2.82. The van der Waals surface area contributed by atoms with Crippen LogP contribution >= 0.6 is 23.5 Å².